The molecule has 0 saturated heterocycles. The van der Waals surface area contributed by atoms with Gasteiger partial charge in [0.2, 0.25) is 5.89 Å². The maximum Gasteiger partial charge on any atom is 0.226 e. The lowest BCUT2D eigenvalue weighted by molar-refractivity contribution is 0.572. The van der Waals surface area contributed by atoms with Crippen molar-refractivity contribution in [1.29, 1.82) is 0 Å². The van der Waals surface area contributed by atoms with Crippen molar-refractivity contribution < 1.29 is 4.42 Å². The van der Waals surface area contributed by atoms with Crippen LogP contribution in [0.2, 0.25) is 0 Å². The van der Waals surface area contributed by atoms with Gasteiger partial charge in [0.1, 0.15) is 12.0 Å². The summed E-state index contributed by atoms with van der Waals surface area (Å²) < 4.78 is 5.57. The van der Waals surface area contributed by atoms with Crippen LogP contribution in [-0.4, -0.2) is 24.0 Å². The van der Waals surface area contributed by atoms with Crippen molar-refractivity contribution in [3.63, 3.8) is 0 Å². The number of hydrogen-bond acceptors (Lipinski definition) is 4. The molecule has 0 saturated carbocycles. The van der Waals surface area contributed by atoms with Crippen LogP contribution in [-0.2, 0) is 6.54 Å². The summed E-state index contributed by atoms with van der Waals surface area (Å²) in [7, 11) is 0. The van der Waals surface area contributed by atoms with Crippen molar-refractivity contribution in [2.75, 3.05) is 13.1 Å². The van der Waals surface area contributed by atoms with E-state index in [4.69, 9.17) is 4.42 Å². The van der Waals surface area contributed by atoms with E-state index in [-0.39, 0.29) is 24.0 Å². The number of guanidine groups is 1. The predicted octanol–water partition coefficient (Wildman–Crippen LogP) is 4.88. The summed E-state index contributed by atoms with van der Waals surface area (Å²) in [5.74, 6) is 1.86. The molecule has 144 valence electrons. The van der Waals surface area contributed by atoms with Crippen LogP contribution < -0.4 is 10.6 Å². The van der Waals surface area contributed by atoms with Crippen LogP contribution in [0.5, 0.6) is 0 Å². The Bertz CT molecular complexity index is 818. The molecule has 0 fully saturated rings. The van der Waals surface area contributed by atoms with Crippen molar-refractivity contribution in [1.82, 2.24) is 15.6 Å². The number of hydrogen-bond donors (Lipinski definition) is 2. The largest absolute Gasteiger partial charge is 0.444 e. The second-order valence-corrected chi connectivity index (χ2v) is 6.98. The number of aliphatic imine (C=N–C) groups is 1. The Morgan fingerprint density at radius 1 is 1.19 bits per heavy atom. The molecule has 0 spiro atoms. The molecular formula is C20H25IN4OS. The van der Waals surface area contributed by atoms with E-state index < -0.39 is 0 Å². The van der Waals surface area contributed by atoms with Crippen LogP contribution in [0.1, 0.15) is 30.3 Å². The summed E-state index contributed by atoms with van der Waals surface area (Å²) in [5.41, 5.74) is 1.78. The van der Waals surface area contributed by atoms with Crippen molar-refractivity contribution in [2.24, 2.45) is 4.99 Å². The highest BCUT2D eigenvalue weighted by atomic mass is 127. The molecule has 1 atom stereocenters. The van der Waals surface area contributed by atoms with Gasteiger partial charge in [-0.1, -0.05) is 31.2 Å². The first-order valence-corrected chi connectivity index (χ1v) is 9.69. The van der Waals surface area contributed by atoms with Gasteiger partial charge in [-0.15, -0.1) is 35.3 Å². The SMILES string of the molecule is CCNC(=NCc1coc(-c2ccccc2)n1)NCC(C)c1cccs1.I. The summed E-state index contributed by atoms with van der Waals surface area (Å²) in [6.07, 6.45) is 1.67. The Morgan fingerprint density at radius 3 is 2.70 bits per heavy atom. The second kappa shape index (κ2) is 11.1. The van der Waals surface area contributed by atoms with Gasteiger partial charge in [-0.3, -0.25) is 0 Å². The Labute approximate surface area is 181 Å². The average Bonchev–Trinajstić information content (AvgIpc) is 3.36. The van der Waals surface area contributed by atoms with E-state index in [1.807, 2.05) is 30.3 Å². The Balaban J connectivity index is 0.00000261. The fourth-order valence-electron chi connectivity index (χ4n) is 2.52. The average molecular weight is 496 g/mol. The minimum atomic E-state index is 0. The smallest absolute Gasteiger partial charge is 0.226 e. The fraction of sp³-hybridized carbons (Fsp3) is 0.300. The lowest BCUT2D eigenvalue weighted by atomic mass is 10.1. The molecule has 0 aliphatic carbocycles. The summed E-state index contributed by atoms with van der Waals surface area (Å²) in [6.45, 7) is 6.39. The number of oxazole rings is 1. The highest BCUT2D eigenvalue weighted by Gasteiger charge is 2.09. The normalized spacial score (nSPS) is 12.3. The van der Waals surface area contributed by atoms with Crippen molar-refractivity contribution in [3.8, 4) is 11.5 Å². The van der Waals surface area contributed by atoms with Gasteiger partial charge in [0, 0.05) is 29.4 Å². The van der Waals surface area contributed by atoms with Gasteiger partial charge < -0.3 is 15.1 Å². The van der Waals surface area contributed by atoms with E-state index in [1.165, 1.54) is 4.88 Å². The van der Waals surface area contributed by atoms with Crippen LogP contribution >= 0.6 is 35.3 Å². The van der Waals surface area contributed by atoms with Crippen LogP contribution in [0.3, 0.4) is 0 Å². The first kappa shape index (κ1) is 21.4. The zero-order valence-electron chi connectivity index (χ0n) is 15.5. The molecular weight excluding hydrogens is 471 g/mol. The Morgan fingerprint density at radius 2 is 2.00 bits per heavy atom. The molecule has 0 radical (unpaired) electrons. The van der Waals surface area contributed by atoms with E-state index in [2.05, 4.69) is 52.0 Å². The van der Waals surface area contributed by atoms with Crippen molar-refractivity contribution in [2.45, 2.75) is 26.3 Å². The number of rotatable bonds is 7. The summed E-state index contributed by atoms with van der Waals surface area (Å²) in [5, 5.41) is 8.79. The molecule has 2 heterocycles. The van der Waals surface area contributed by atoms with E-state index >= 15 is 0 Å². The molecule has 1 aromatic carbocycles. The molecule has 0 bridgehead atoms. The summed E-state index contributed by atoms with van der Waals surface area (Å²) in [6, 6.07) is 14.1. The fourth-order valence-corrected chi connectivity index (χ4v) is 3.30. The topological polar surface area (TPSA) is 62.5 Å². The molecule has 5 nitrogen and oxygen atoms in total. The summed E-state index contributed by atoms with van der Waals surface area (Å²) >= 11 is 1.78. The van der Waals surface area contributed by atoms with E-state index in [1.54, 1.807) is 17.6 Å². The molecule has 7 heteroatoms. The maximum absolute atomic E-state index is 5.57. The number of halogens is 1. The minimum Gasteiger partial charge on any atom is -0.444 e. The van der Waals surface area contributed by atoms with Crippen LogP contribution in [0.25, 0.3) is 11.5 Å². The molecule has 3 rings (SSSR count). The zero-order chi connectivity index (χ0) is 18.2. The third-order valence-corrected chi connectivity index (χ3v) is 5.02. The van der Waals surface area contributed by atoms with Gasteiger partial charge >= 0.3 is 0 Å². The van der Waals surface area contributed by atoms with Crippen LogP contribution in [0.4, 0.5) is 0 Å². The van der Waals surface area contributed by atoms with Gasteiger partial charge in [0.15, 0.2) is 5.96 Å². The highest BCUT2D eigenvalue weighted by molar-refractivity contribution is 14.0. The quantitative estimate of drug-likeness (QED) is 0.278. The number of aromatic nitrogens is 1. The third-order valence-electron chi connectivity index (χ3n) is 3.92. The highest BCUT2D eigenvalue weighted by Crippen LogP contribution is 2.20. The van der Waals surface area contributed by atoms with E-state index in [0.29, 0.717) is 18.4 Å². The molecule has 2 aromatic heterocycles. The standard InChI is InChI=1S/C20H24N4OS.HI/c1-3-21-20(22-12-15(2)18-10-7-11-26-18)23-13-17-14-25-19(24-17)16-8-5-4-6-9-16;/h4-11,14-15H,3,12-13H2,1-2H3,(H2,21,22,23);1H. The molecule has 3 aromatic rings. The van der Waals surface area contributed by atoms with E-state index in [9.17, 15) is 0 Å². The first-order chi connectivity index (χ1) is 12.8. The maximum atomic E-state index is 5.57. The Kier molecular flexibility index (Phi) is 8.80. The second-order valence-electron chi connectivity index (χ2n) is 6.00. The van der Waals surface area contributed by atoms with Gasteiger partial charge in [0.25, 0.3) is 0 Å². The molecule has 2 N–H and O–H groups in total. The van der Waals surface area contributed by atoms with Crippen LogP contribution in [0.15, 0.2) is 63.5 Å². The van der Waals surface area contributed by atoms with Gasteiger partial charge in [0.05, 0.1) is 6.54 Å². The number of nitrogens with zero attached hydrogens (tertiary/aromatic N) is 2. The van der Waals surface area contributed by atoms with E-state index in [0.717, 1.165) is 30.3 Å². The first-order valence-electron chi connectivity index (χ1n) is 8.81. The molecule has 0 aliphatic heterocycles. The molecule has 27 heavy (non-hydrogen) atoms. The number of nitrogens with one attached hydrogen (secondary N) is 2. The van der Waals surface area contributed by atoms with Crippen LogP contribution in [0, 0.1) is 0 Å². The van der Waals surface area contributed by atoms with Gasteiger partial charge in [-0.05, 0) is 30.5 Å². The monoisotopic (exact) mass is 496 g/mol. The van der Waals surface area contributed by atoms with Crippen molar-refractivity contribution in [3.05, 3.63) is 64.7 Å². The number of benzene rings is 1. The Hall–Kier alpha value is -1.87. The van der Waals surface area contributed by atoms with Gasteiger partial charge in [-0.25, -0.2) is 9.98 Å². The summed E-state index contributed by atoms with van der Waals surface area (Å²) in [4.78, 5) is 10.5. The molecule has 0 aliphatic rings. The lowest BCUT2D eigenvalue weighted by Crippen LogP contribution is -2.39. The van der Waals surface area contributed by atoms with Gasteiger partial charge in [-0.2, -0.15) is 0 Å². The zero-order valence-corrected chi connectivity index (χ0v) is 18.7. The lowest BCUT2D eigenvalue weighted by Gasteiger charge is -2.14. The molecule has 0 amide bonds. The number of thiophene rings is 1. The molecule has 1 unspecified atom stereocenters. The minimum absolute atomic E-state index is 0. The van der Waals surface area contributed by atoms with Crippen molar-refractivity contribution >= 4 is 41.3 Å². The predicted molar refractivity (Wildman–Crippen MR) is 123 cm³/mol. The third kappa shape index (κ3) is 6.35.